The predicted molar refractivity (Wildman–Crippen MR) is 153 cm³/mol. The van der Waals surface area contributed by atoms with Gasteiger partial charge in [-0.05, 0) is 56.1 Å². The van der Waals surface area contributed by atoms with E-state index in [2.05, 4.69) is 46.2 Å². The number of rotatable bonds is 8. The molecule has 6 nitrogen and oxygen atoms in total. The highest BCUT2D eigenvalue weighted by molar-refractivity contribution is 5.59. The number of hydrogen-bond acceptors (Lipinski definition) is 6. The predicted octanol–water partition coefficient (Wildman–Crippen LogP) is 5.52. The number of nitrogens with zero attached hydrogens (tertiary/aromatic N) is 1. The molecule has 36 heavy (non-hydrogen) atoms. The average molecular weight is 484 g/mol. The van der Waals surface area contributed by atoms with Crippen molar-refractivity contribution in [1.29, 1.82) is 0 Å². The molecule has 1 aliphatic heterocycles. The molecule has 6 N–H and O–H groups in total. The van der Waals surface area contributed by atoms with E-state index >= 15 is 0 Å². The van der Waals surface area contributed by atoms with Gasteiger partial charge in [0.2, 0.25) is 5.88 Å². The van der Waals surface area contributed by atoms with Gasteiger partial charge >= 0.3 is 0 Å². The Hall–Kier alpha value is -4.29. The fourth-order valence-electron chi connectivity index (χ4n) is 3.37. The first-order valence-electron chi connectivity index (χ1n) is 11.9. The molecule has 0 saturated carbocycles. The van der Waals surface area contributed by atoms with E-state index in [1.54, 1.807) is 12.3 Å². The van der Waals surface area contributed by atoms with Crippen LogP contribution in [0.4, 0.5) is 11.4 Å². The van der Waals surface area contributed by atoms with E-state index in [-0.39, 0.29) is 0 Å². The second-order valence-electron chi connectivity index (χ2n) is 7.66. The van der Waals surface area contributed by atoms with Crippen molar-refractivity contribution in [3.8, 4) is 5.88 Å². The van der Waals surface area contributed by atoms with Crippen LogP contribution in [0.5, 0.6) is 5.88 Å². The van der Waals surface area contributed by atoms with E-state index < -0.39 is 0 Å². The van der Waals surface area contributed by atoms with Gasteiger partial charge < -0.3 is 26.8 Å². The highest BCUT2D eigenvalue weighted by Gasteiger charge is 2.18. The standard InChI is InChI=1S/C18H18N2O.C11H14N2.CH5N/c1-2-3-4-5-9-14-21-18-15-17(12-13-19-18)20-16-10-7-6-8-11-16;12-10-5-3-4-9(8-10)11-6-1-2-7-13-11;1-2/h2-13,15H,1,14H2,(H,19,20);1-7,9,11,13H,8,12H2;2H2,1H3/b4-3-,9-5-;;/t;9-,11+;/m.1./s1. The molecule has 188 valence electrons. The number of allylic oxidation sites excluding steroid dienone is 9. The van der Waals surface area contributed by atoms with E-state index in [4.69, 9.17) is 10.5 Å². The van der Waals surface area contributed by atoms with Gasteiger partial charge in [-0.3, -0.25) is 0 Å². The molecule has 2 heterocycles. The van der Waals surface area contributed by atoms with Crippen LogP contribution in [0.1, 0.15) is 6.42 Å². The van der Waals surface area contributed by atoms with Crippen LogP contribution in [0.3, 0.4) is 0 Å². The van der Waals surface area contributed by atoms with Crippen LogP contribution in [0.2, 0.25) is 0 Å². The number of ether oxygens (including phenoxy) is 1. The van der Waals surface area contributed by atoms with Crippen molar-refractivity contribution >= 4 is 11.4 Å². The van der Waals surface area contributed by atoms with E-state index in [9.17, 15) is 0 Å². The molecular weight excluding hydrogens is 446 g/mol. The first kappa shape index (κ1) is 28.0. The van der Waals surface area contributed by atoms with Crippen LogP contribution in [0, 0.1) is 5.92 Å². The Kier molecular flexibility index (Phi) is 13.3. The third-order valence-corrected chi connectivity index (χ3v) is 5.03. The smallest absolute Gasteiger partial charge is 0.215 e. The van der Waals surface area contributed by atoms with Crippen LogP contribution in [-0.4, -0.2) is 24.7 Å². The van der Waals surface area contributed by atoms with E-state index in [0.29, 0.717) is 24.4 Å². The summed E-state index contributed by atoms with van der Waals surface area (Å²) in [6, 6.07) is 14.2. The fourth-order valence-corrected chi connectivity index (χ4v) is 3.37. The van der Waals surface area contributed by atoms with Crippen molar-refractivity contribution in [1.82, 2.24) is 10.3 Å². The highest BCUT2D eigenvalue weighted by atomic mass is 16.5. The summed E-state index contributed by atoms with van der Waals surface area (Å²) in [6.07, 6.45) is 26.4. The molecule has 1 aromatic carbocycles. The van der Waals surface area contributed by atoms with E-state index in [0.717, 1.165) is 23.5 Å². The molecule has 0 unspecified atom stereocenters. The Bertz CT molecular complexity index is 1080. The molecule has 4 rings (SSSR count). The second-order valence-corrected chi connectivity index (χ2v) is 7.66. The number of hydrogen-bond donors (Lipinski definition) is 4. The number of nitrogens with two attached hydrogens (primary N) is 2. The maximum atomic E-state index is 5.77. The van der Waals surface area contributed by atoms with Crippen molar-refractivity contribution in [2.24, 2.45) is 17.4 Å². The lowest BCUT2D eigenvalue weighted by molar-refractivity contribution is 0.348. The Balaban J connectivity index is 0.000000260. The van der Waals surface area contributed by atoms with Gasteiger partial charge in [0, 0.05) is 35.3 Å². The highest BCUT2D eigenvalue weighted by Crippen LogP contribution is 2.21. The van der Waals surface area contributed by atoms with Gasteiger partial charge in [-0.25, -0.2) is 4.98 Å². The first-order chi connectivity index (χ1) is 17.7. The van der Waals surface area contributed by atoms with Crippen LogP contribution in [-0.2, 0) is 0 Å². The summed E-state index contributed by atoms with van der Waals surface area (Å²) in [5.74, 6) is 1.08. The number of anilines is 2. The third-order valence-electron chi connectivity index (χ3n) is 5.03. The average Bonchev–Trinajstić information content (AvgIpc) is 2.93. The molecule has 0 spiro atoms. The number of aromatic nitrogens is 1. The lowest BCUT2D eigenvalue weighted by atomic mass is 9.90. The van der Waals surface area contributed by atoms with E-state index in [1.165, 1.54) is 7.05 Å². The first-order valence-corrected chi connectivity index (χ1v) is 11.9. The quantitative estimate of drug-likeness (QED) is 0.369. The van der Waals surface area contributed by atoms with Gasteiger partial charge in [0.25, 0.3) is 0 Å². The molecule has 0 radical (unpaired) electrons. The molecule has 6 heteroatoms. The number of benzene rings is 1. The number of pyridine rings is 1. The van der Waals surface area contributed by atoms with Crippen molar-refractivity contribution < 1.29 is 4.74 Å². The van der Waals surface area contributed by atoms with E-state index in [1.807, 2.05) is 91.2 Å². The molecule has 2 aromatic rings. The van der Waals surface area contributed by atoms with Crippen LogP contribution >= 0.6 is 0 Å². The zero-order valence-corrected chi connectivity index (χ0v) is 20.8. The lowest BCUT2D eigenvalue weighted by Crippen LogP contribution is -2.32. The molecular formula is C30H37N5O. The van der Waals surface area contributed by atoms with Crippen molar-refractivity contribution in [2.75, 3.05) is 19.0 Å². The molecule has 0 amide bonds. The van der Waals surface area contributed by atoms with Gasteiger partial charge in [0.05, 0.1) is 6.04 Å². The normalized spacial score (nSPS) is 17.8. The van der Waals surface area contributed by atoms with Crippen molar-refractivity contribution in [3.63, 3.8) is 0 Å². The molecule has 0 bridgehead atoms. The minimum Gasteiger partial charge on any atom is -0.473 e. The maximum absolute atomic E-state index is 5.77. The molecule has 2 atom stereocenters. The van der Waals surface area contributed by atoms with Crippen molar-refractivity contribution in [3.05, 3.63) is 134 Å². The van der Waals surface area contributed by atoms with Gasteiger partial charge in [0.15, 0.2) is 0 Å². The summed E-state index contributed by atoms with van der Waals surface area (Å²) in [5.41, 5.74) is 13.2. The maximum Gasteiger partial charge on any atom is 0.215 e. The van der Waals surface area contributed by atoms with Gasteiger partial charge in [0.1, 0.15) is 6.61 Å². The van der Waals surface area contributed by atoms with Crippen molar-refractivity contribution in [2.45, 2.75) is 12.5 Å². The SMILES string of the molecule is C=C/C=C\C=C/COc1cc(Nc2ccccc2)ccn1.CN.NC1=CC=C[C@@H]([C@@H]2C=CC=CN2)C1. The molecule has 1 aliphatic carbocycles. The third kappa shape index (κ3) is 10.8. The summed E-state index contributed by atoms with van der Waals surface area (Å²) in [4.78, 5) is 4.18. The van der Waals surface area contributed by atoms with Gasteiger partial charge in [-0.1, -0.05) is 73.4 Å². The topological polar surface area (TPSA) is 98.2 Å². The monoisotopic (exact) mass is 483 g/mol. The molecule has 0 fully saturated rings. The Morgan fingerprint density at radius 2 is 1.89 bits per heavy atom. The molecule has 2 aliphatic rings. The Labute approximate surface area is 215 Å². The fraction of sp³-hybridized carbons (Fsp3) is 0.167. The van der Waals surface area contributed by atoms with Crippen LogP contribution < -0.4 is 26.8 Å². The molecule has 1 aromatic heterocycles. The minimum atomic E-state index is 0.397. The minimum absolute atomic E-state index is 0.397. The summed E-state index contributed by atoms with van der Waals surface area (Å²) < 4.78 is 5.57. The lowest BCUT2D eigenvalue weighted by Gasteiger charge is -2.25. The summed E-state index contributed by atoms with van der Waals surface area (Å²) in [7, 11) is 1.50. The Morgan fingerprint density at radius 3 is 2.61 bits per heavy atom. The molecule has 0 saturated heterocycles. The van der Waals surface area contributed by atoms with Crippen LogP contribution in [0.15, 0.2) is 134 Å². The second kappa shape index (κ2) is 17.2. The number of para-hydroxylation sites is 1. The zero-order valence-electron chi connectivity index (χ0n) is 20.8. The summed E-state index contributed by atoms with van der Waals surface area (Å²) in [6.45, 7) is 4.08. The Morgan fingerprint density at radius 1 is 1.06 bits per heavy atom. The zero-order chi connectivity index (χ0) is 25.8. The summed E-state index contributed by atoms with van der Waals surface area (Å²) >= 11 is 0. The largest absolute Gasteiger partial charge is 0.473 e. The number of nitrogens with one attached hydrogen (secondary N) is 2. The van der Waals surface area contributed by atoms with Gasteiger partial charge in [-0.15, -0.1) is 0 Å². The summed E-state index contributed by atoms with van der Waals surface area (Å²) in [5, 5.41) is 6.61. The van der Waals surface area contributed by atoms with Crippen LogP contribution in [0.25, 0.3) is 0 Å². The van der Waals surface area contributed by atoms with Gasteiger partial charge in [-0.2, -0.15) is 0 Å². The number of dihydropyridines is 1.